The number of aryl methyl sites for hydroxylation is 3. The van der Waals surface area contributed by atoms with Gasteiger partial charge >= 0.3 is 0 Å². The minimum Gasteiger partial charge on any atom is -0.144 e. The number of benzene rings is 1. The standard InChI is InChI=1S/C12H13ClN2S/c1-2-11-14-15-12(16-11)8-5-9-3-6-10(13)7-4-9/h3-4,6-7H,2,5,8H2,1H3. The molecule has 0 spiro atoms. The smallest absolute Gasteiger partial charge is 0.117 e. The van der Waals surface area contributed by atoms with Crippen molar-refractivity contribution in [2.75, 3.05) is 0 Å². The van der Waals surface area contributed by atoms with Gasteiger partial charge in [0, 0.05) is 11.4 Å². The number of hydrogen-bond donors (Lipinski definition) is 0. The van der Waals surface area contributed by atoms with E-state index in [1.54, 1.807) is 11.3 Å². The van der Waals surface area contributed by atoms with Gasteiger partial charge in [-0.15, -0.1) is 21.5 Å². The molecule has 0 aliphatic rings. The van der Waals surface area contributed by atoms with Crippen LogP contribution in [0.3, 0.4) is 0 Å². The highest BCUT2D eigenvalue weighted by molar-refractivity contribution is 7.11. The van der Waals surface area contributed by atoms with E-state index >= 15 is 0 Å². The Labute approximate surface area is 104 Å². The van der Waals surface area contributed by atoms with E-state index < -0.39 is 0 Å². The largest absolute Gasteiger partial charge is 0.144 e. The first kappa shape index (κ1) is 11.6. The monoisotopic (exact) mass is 252 g/mol. The van der Waals surface area contributed by atoms with Crippen LogP contribution in [-0.2, 0) is 19.3 Å². The second-order valence-corrected chi connectivity index (χ2v) is 5.15. The van der Waals surface area contributed by atoms with Gasteiger partial charge in [-0.3, -0.25) is 0 Å². The molecule has 0 atom stereocenters. The molecule has 84 valence electrons. The SMILES string of the molecule is CCc1nnc(CCc2ccc(Cl)cc2)s1. The molecule has 0 radical (unpaired) electrons. The summed E-state index contributed by atoms with van der Waals surface area (Å²) in [6.07, 6.45) is 2.92. The molecule has 1 heterocycles. The van der Waals surface area contributed by atoms with Gasteiger partial charge in [0.15, 0.2) is 0 Å². The predicted molar refractivity (Wildman–Crippen MR) is 68.1 cm³/mol. The van der Waals surface area contributed by atoms with Crippen LogP contribution in [0.4, 0.5) is 0 Å². The van der Waals surface area contributed by atoms with Crippen molar-refractivity contribution in [2.24, 2.45) is 0 Å². The lowest BCUT2D eigenvalue weighted by Gasteiger charge is -1.98. The van der Waals surface area contributed by atoms with E-state index in [0.29, 0.717) is 0 Å². The molecular formula is C12H13ClN2S. The van der Waals surface area contributed by atoms with Gasteiger partial charge in [0.1, 0.15) is 10.0 Å². The van der Waals surface area contributed by atoms with Crippen LogP contribution in [0.2, 0.25) is 5.02 Å². The Balaban J connectivity index is 1.94. The van der Waals surface area contributed by atoms with Crippen LogP contribution in [0.5, 0.6) is 0 Å². The Bertz CT molecular complexity index is 450. The van der Waals surface area contributed by atoms with Crippen LogP contribution in [-0.4, -0.2) is 10.2 Å². The van der Waals surface area contributed by atoms with Gasteiger partial charge in [0.25, 0.3) is 0 Å². The van der Waals surface area contributed by atoms with Crippen LogP contribution in [0.15, 0.2) is 24.3 Å². The second-order valence-electron chi connectivity index (χ2n) is 3.57. The second kappa shape index (κ2) is 5.41. The lowest BCUT2D eigenvalue weighted by molar-refractivity contribution is 0.888. The Morgan fingerprint density at radius 1 is 1.06 bits per heavy atom. The average Bonchev–Trinajstić information content (AvgIpc) is 2.76. The van der Waals surface area contributed by atoms with Crippen molar-refractivity contribution in [1.82, 2.24) is 10.2 Å². The van der Waals surface area contributed by atoms with Gasteiger partial charge in [0.05, 0.1) is 0 Å². The summed E-state index contributed by atoms with van der Waals surface area (Å²) in [4.78, 5) is 0. The maximum Gasteiger partial charge on any atom is 0.117 e. The molecule has 0 fully saturated rings. The minimum atomic E-state index is 0.785. The molecule has 0 aliphatic heterocycles. The third kappa shape index (κ3) is 3.03. The van der Waals surface area contributed by atoms with E-state index in [9.17, 15) is 0 Å². The lowest BCUT2D eigenvalue weighted by atomic mass is 10.1. The highest BCUT2D eigenvalue weighted by Gasteiger charge is 2.02. The summed E-state index contributed by atoms with van der Waals surface area (Å²) in [6.45, 7) is 2.10. The molecule has 1 aromatic heterocycles. The fourth-order valence-corrected chi connectivity index (χ4v) is 2.34. The highest BCUT2D eigenvalue weighted by atomic mass is 35.5. The van der Waals surface area contributed by atoms with E-state index in [0.717, 1.165) is 34.3 Å². The van der Waals surface area contributed by atoms with Crippen molar-refractivity contribution in [3.8, 4) is 0 Å². The van der Waals surface area contributed by atoms with Crippen molar-refractivity contribution in [3.63, 3.8) is 0 Å². The predicted octanol–water partition coefficient (Wildman–Crippen LogP) is 3.54. The van der Waals surface area contributed by atoms with Crippen molar-refractivity contribution >= 4 is 22.9 Å². The molecule has 0 unspecified atom stereocenters. The lowest BCUT2D eigenvalue weighted by Crippen LogP contribution is -1.90. The maximum absolute atomic E-state index is 5.83. The molecule has 2 rings (SSSR count). The number of hydrogen-bond acceptors (Lipinski definition) is 3. The van der Waals surface area contributed by atoms with E-state index in [1.807, 2.05) is 12.1 Å². The fraction of sp³-hybridized carbons (Fsp3) is 0.333. The molecule has 16 heavy (non-hydrogen) atoms. The quantitative estimate of drug-likeness (QED) is 0.832. The Hall–Kier alpha value is -0.930. The topological polar surface area (TPSA) is 25.8 Å². The Morgan fingerprint density at radius 3 is 2.38 bits per heavy atom. The van der Waals surface area contributed by atoms with Crippen molar-refractivity contribution in [2.45, 2.75) is 26.2 Å². The maximum atomic E-state index is 5.83. The molecule has 0 saturated carbocycles. The summed E-state index contributed by atoms with van der Waals surface area (Å²) in [5.41, 5.74) is 1.29. The number of nitrogens with zero attached hydrogens (tertiary/aromatic N) is 2. The summed E-state index contributed by atoms with van der Waals surface area (Å²) in [6, 6.07) is 7.97. The van der Waals surface area contributed by atoms with Crippen LogP contribution < -0.4 is 0 Å². The number of halogens is 1. The van der Waals surface area contributed by atoms with Crippen molar-refractivity contribution in [1.29, 1.82) is 0 Å². The first-order chi connectivity index (χ1) is 7.78. The van der Waals surface area contributed by atoms with Gasteiger partial charge in [-0.05, 0) is 30.5 Å². The molecule has 0 bridgehead atoms. The zero-order valence-electron chi connectivity index (χ0n) is 9.11. The molecular weight excluding hydrogens is 240 g/mol. The zero-order chi connectivity index (χ0) is 11.4. The van der Waals surface area contributed by atoms with Crippen molar-refractivity contribution in [3.05, 3.63) is 44.9 Å². The molecule has 2 nitrogen and oxygen atoms in total. The first-order valence-electron chi connectivity index (χ1n) is 5.33. The third-order valence-corrected chi connectivity index (χ3v) is 3.73. The summed E-state index contributed by atoms with van der Waals surface area (Å²) in [5, 5.41) is 11.3. The average molecular weight is 253 g/mol. The minimum absolute atomic E-state index is 0.785. The van der Waals surface area contributed by atoms with Gasteiger partial charge in [0.2, 0.25) is 0 Å². The van der Waals surface area contributed by atoms with E-state index in [4.69, 9.17) is 11.6 Å². The Kier molecular flexibility index (Phi) is 3.91. The van der Waals surface area contributed by atoms with E-state index in [2.05, 4.69) is 29.3 Å². The first-order valence-corrected chi connectivity index (χ1v) is 6.53. The third-order valence-electron chi connectivity index (χ3n) is 2.35. The summed E-state index contributed by atoms with van der Waals surface area (Å²) < 4.78 is 0. The fourth-order valence-electron chi connectivity index (χ4n) is 1.43. The van der Waals surface area contributed by atoms with Gasteiger partial charge in [-0.1, -0.05) is 30.7 Å². The summed E-state index contributed by atoms with van der Waals surface area (Å²) in [7, 11) is 0. The molecule has 1 aromatic carbocycles. The number of rotatable bonds is 4. The summed E-state index contributed by atoms with van der Waals surface area (Å²) in [5.74, 6) is 0. The van der Waals surface area contributed by atoms with Crippen LogP contribution in [0.1, 0.15) is 22.5 Å². The van der Waals surface area contributed by atoms with Gasteiger partial charge in [-0.25, -0.2) is 0 Å². The number of aromatic nitrogens is 2. The van der Waals surface area contributed by atoms with Crippen LogP contribution in [0, 0.1) is 0 Å². The highest BCUT2D eigenvalue weighted by Crippen LogP contribution is 2.15. The molecule has 0 amide bonds. The van der Waals surface area contributed by atoms with Crippen molar-refractivity contribution < 1.29 is 0 Å². The van der Waals surface area contributed by atoms with Gasteiger partial charge < -0.3 is 0 Å². The molecule has 2 aromatic rings. The molecule has 0 saturated heterocycles. The van der Waals surface area contributed by atoms with E-state index in [1.165, 1.54) is 5.56 Å². The molecule has 0 N–H and O–H groups in total. The molecule has 0 aliphatic carbocycles. The normalized spacial score (nSPS) is 10.6. The van der Waals surface area contributed by atoms with E-state index in [-0.39, 0.29) is 0 Å². The molecule has 4 heteroatoms. The zero-order valence-corrected chi connectivity index (χ0v) is 10.7. The van der Waals surface area contributed by atoms with Gasteiger partial charge in [-0.2, -0.15) is 0 Å². The van der Waals surface area contributed by atoms with Crippen LogP contribution in [0.25, 0.3) is 0 Å². The summed E-state index contributed by atoms with van der Waals surface area (Å²) >= 11 is 7.54. The van der Waals surface area contributed by atoms with Crippen LogP contribution >= 0.6 is 22.9 Å². The Morgan fingerprint density at radius 2 is 1.75 bits per heavy atom.